The van der Waals surface area contributed by atoms with E-state index in [0.29, 0.717) is 12.6 Å². The van der Waals surface area contributed by atoms with Crippen LogP contribution < -0.4 is 10.6 Å². The Bertz CT molecular complexity index is 649. The second-order valence-corrected chi connectivity index (χ2v) is 7.80. The van der Waals surface area contributed by atoms with Crippen molar-refractivity contribution in [1.29, 1.82) is 0 Å². The van der Waals surface area contributed by atoms with E-state index in [1.165, 1.54) is 10.6 Å². The Hall–Kier alpha value is -2.08. The van der Waals surface area contributed by atoms with Crippen molar-refractivity contribution in [1.82, 2.24) is 15.1 Å². The summed E-state index contributed by atoms with van der Waals surface area (Å²) in [5.74, 6) is 0.000584. The first-order chi connectivity index (χ1) is 12.7. The molecule has 0 aromatic heterocycles. The molecule has 6 nitrogen and oxygen atoms in total. The van der Waals surface area contributed by atoms with E-state index in [9.17, 15) is 9.59 Å². The highest BCUT2D eigenvalue weighted by Crippen LogP contribution is 2.34. The zero-order valence-corrected chi connectivity index (χ0v) is 15.2. The van der Waals surface area contributed by atoms with Crippen molar-refractivity contribution in [3.63, 3.8) is 0 Å². The number of hydrogen-bond donors (Lipinski definition) is 2. The molecule has 2 saturated heterocycles. The molecule has 140 valence electrons. The quantitative estimate of drug-likeness (QED) is 0.796. The summed E-state index contributed by atoms with van der Waals surface area (Å²) in [7, 11) is 0. The number of nitrogens with zero attached hydrogens (tertiary/aromatic N) is 2. The first-order valence-electron chi connectivity index (χ1n) is 9.84. The number of para-hydroxylation sites is 1. The molecule has 3 fully saturated rings. The van der Waals surface area contributed by atoms with Crippen molar-refractivity contribution in [3.05, 3.63) is 30.3 Å². The molecule has 1 aliphatic carbocycles. The lowest BCUT2D eigenvalue weighted by Gasteiger charge is -2.33. The Morgan fingerprint density at radius 1 is 1.04 bits per heavy atom. The van der Waals surface area contributed by atoms with Gasteiger partial charge in [0.2, 0.25) is 0 Å². The van der Waals surface area contributed by atoms with Gasteiger partial charge in [0.05, 0.1) is 0 Å². The zero-order chi connectivity index (χ0) is 18.0. The fourth-order valence-corrected chi connectivity index (χ4v) is 4.51. The van der Waals surface area contributed by atoms with Crippen molar-refractivity contribution >= 4 is 17.6 Å². The molecule has 0 radical (unpaired) electrons. The van der Waals surface area contributed by atoms with E-state index >= 15 is 0 Å². The van der Waals surface area contributed by atoms with Crippen LogP contribution in [0.1, 0.15) is 38.5 Å². The average molecular weight is 356 g/mol. The van der Waals surface area contributed by atoms with Gasteiger partial charge in [-0.05, 0) is 37.8 Å². The summed E-state index contributed by atoms with van der Waals surface area (Å²) in [6.07, 6.45) is 5.82. The van der Waals surface area contributed by atoms with Crippen LogP contribution in [0.5, 0.6) is 0 Å². The first-order valence-corrected chi connectivity index (χ1v) is 9.84. The van der Waals surface area contributed by atoms with Gasteiger partial charge in [0.25, 0.3) is 5.91 Å². The van der Waals surface area contributed by atoms with Crippen molar-refractivity contribution in [2.75, 3.05) is 31.5 Å². The van der Waals surface area contributed by atoms with E-state index in [1.807, 2.05) is 18.2 Å². The molecular formula is C20H28N4O2. The normalized spacial score (nSPS) is 23.6. The number of anilines is 1. The summed E-state index contributed by atoms with van der Waals surface area (Å²) in [6.45, 7) is 3.27. The molecule has 1 aromatic carbocycles. The third-order valence-corrected chi connectivity index (χ3v) is 6.07. The van der Waals surface area contributed by atoms with Crippen molar-refractivity contribution in [2.45, 2.75) is 50.1 Å². The van der Waals surface area contributed by atoms with Gasteiger partial charge >= 0.3 is 6.03 Å². The van der Waals surface area contributed by atoms with Crippen LogP contribution in [0.15, 0.2) is 30.3 Å². The molecule has 2 heterocycles. The second kappa shape index (κ2) is 7.27. The van der Waals surface area contributed by atoms with Crippen LogP contribution in [0.4, 0.5) is 10.5 Å². The monoisotopic (exact) mass is 356 g/mol. The van der Waals surface area contributed by atoms with Crippen LogP contribution in [0.2, 0.25) is 0 Å². The van der Waals surface area contributed by atoms with Crippen LogP contribution in [0.3, 0.4) is 0 Å². The maximum absolute atomic E-state index is 12.7. The van der Waals surface area contributed by atoms with Crippen LogP contribution in [-0.4, -0.2) is 59.5 Å². The summed E-state index contributed by atoms with van der Waals surface area (Å²) in [4.78, 5) is 28.7. The van der Waals surface area contributed by atoms with Gasteiger partial charge in [0.1, 0.15) is 5.54 Å². The number of imide groups is 1. The zero-order valence-electron chi connectivity index (χ0n) is 15.2. The SMILES string of the molecule is O=C1NC2(CCCC2)C(=O)N1CCN1CCC(Nc2ccccc2)CC1. The molecule has 1 aromatic rings. The number of rotatable bonds is 5. The van der Waals surface area contributed by atoms with Gasteiger partial charge in [0, 0.05) is 37.9 Å². The Labute approximate surface area is 154 Å². The molecule has 3 amide bonds. The summed E-state index contributed by atoms with van der Waals surface area (Å²) >= 11 is 0. The average Bonchev–Trinajstić information content (AvgIpc) is 3.22. The first kappa shape index (κ1) is 17.3. The highest BCUT2D eigenvalue weighted by atomic mass is 16.2. The fraction of sp³-hybridized carbons (Fsp3) is 0.600. The molecule has 1 spiro atoms. The highest BCUT2D eigenvalue weighted by molar-refractivity contribution is 6.07. The van der Waals surface area contributed by atoms with E-state index in [4.69, 9.17) is 0 Å². The van der Waals surface area contributed by atoms with Gasteiger partial charge in [-0.2, -0.15) is 0 Å². The van der Waals surface area contributed by atoms with Gasteiger partial charge in [0.15, 0.2) is 0 Å². The van der Waals surface area contributed by atoms with Crippen molar-refractivity contribution < 1.29 is 9.59 Å². The van der Waals surface area contributed by atoms with E-state index in [-0.39, 0.29) is 11.9 Å². The van der Waals surface area contributed by atoms with Crippen LogP contribution in [-0.2, 0) is 4.79 Å². The van der Waals surface area contributed by atoms with Gasteiger partial charge in [-0.1, -0.05) is 31.0 Å². The summed E-state index contributed by atoms with van der Waals surface area (Å²) in [5.41, 5.74) is 0.594. The molecule has 2 aliphatic heterocycles. The minimum atomic E-state index is -0.580. The van der Waals surface area contributed by atoms with Gasteiger partial charge in [-0.3, -0.25) is 9.69 Å². The number of likely N-dealkylation sites (tertiary alicyclic amines) is 1. The summed E-state index contributed by atoms with van der Waals surface area (Å²) in [6, 6.07) is 10.6. The number of urea groups is 1. The van der Waals surface area contributed by atoms with Gasteiger partial charge < -0.3 is 15.5 Å². The van der Waals surface area contributed by atoms with E-state index in [0.717, 1.165) is 58.2 Å². The van der Waals surface area contributed by atoms with Crippen molar-refractivity contribution in [2.24, 2.45) is 0 Å². The predicted molar refractivity (Wildman–Crippen MR) is 101 cm³/mol. The standard InChI is InChI=1S/C20H28N4O2/c25-18-20(10-4-5-11-20)22-19(26)24(18)15-14-23-12-8-17(9-13-23)21-16-6-2-1-3-7-16/h1-3,6-7,17,21H,4-5,8-15H2,(H,22,26). The van der Waals surface area contributed by atoms with Crippen LogP contribution in [0.25, 0.3) is 0 Å². The number of benzene rings is 1. The fourth-order valence-electron chi connectivity index (χ4n) is 4.51. The maximum atomic E-state index is 12.7. The molecule has 3 aliphatic rings. The van der Waals surface area contributed by atoms with Gasteiger partial charge in [-0.15, -0.1) is 0 Å². The Morgan fingerprint density at radius 2 is 1.73 bits per heavy atom. The minimum absolute atomic E-state index is 0.000584. The molecule has 0 bridgehead atoms. The molecule has 2 N–H and O–H groups in total. The van der Waals surface area contributed by atoms with E-state index in [1.54, 1.807) is 0 Å². The maximum Gasteiger partial charge on any atom is 0.325 e. The third-order valence-electron chi connectivity index (χ3n) is 6.07. The Morgan fingerprint density at radius 3 is 2.42 bits per heavy atom. The molecule has 4 rings (SSSR count). The lowest BCUT2D eigenvalue weighted by Crippen LogP contribution is -2.46. The number of carbonyl (C=O) groups is 2. The Kier molecular flexibility index (Phi) is 4.85. The molecular weight excluding hydrogens is 328 g/mol. The summed E-state index contributed by atoms with van der Waals surface area (Å²) in [5, 5.41) is 6.55. The number of amides is 3. The lowest BCUT2D eigenvalue weighted by molar-refractivity contribution is -0.131. The number of nitrogens with one attached hydrogen (secondary N) is 2. The molecule has 26 heavy (non-hydrogen) atoms. The summed E-state index contributed by atoms with van der Waals surface area (Å²) < 4.78 is 0. The third kappa shape index (κ3) is 3.43. The molecule has 0 atom stereocenters. The van der Waals surface area contributed by atoms with Crippen LogP contribution >= 0.6 is 0 Å². The van der Waals surface area contributed by atoms with Crippen LogP contribution in [0, 0.1) is 0 Å². The topological polar surface area (TPSA) is 64.7 Å². The van der Waals surface area contributed by atoms with Gasteiger partial charge in [-0.25, -0.2) is 4.79 Å². The number of piperidine rings is 1. The smallest absolute Gasteiger partial charge is 0.325 e. The second-order valence-electron chi connectivity index (χ2n) is 7.80. The molecule has 6 heteroatoms. The molecule has 1 saturated carbocycles. The lowest BCUT2D eigenvalue weighted by atomic mass is 9.98. The van der Waals surface area contributed by atoms with E-state index in [2.05, 4.69) is 27.7 Å². The number of hydrogen-bond acceptors (Lipinski definition) is 4. The largest absolute Gasteiger partial charge is 0.382 e. The van der Waals surface area contributed by atoms with E-state index < -0.39 is 5.54 Å². The highest BCUT2D eigenvalue weighted by Gasteiger charge is 2.52. The number of carbonyl (C=O) groups excluding carboxylic acids is 2. The Balaban J connectivity index is 1.24. The van der Waals surface area contributed by atoms with Crippen molar-refractivity contribution in [3.8, 4) is 0 Å². The molecule has 0 unspecified atom stereocenters. The minimum Gasteiger partial charge on any atom is -0.382 e. The predicted octanol–water partition coefficient (Wildman–Crippen LogP) is 2.43.